The summed E-state index contributed by atoms with van der Waals surface area (Å²) in [5, 5.41) is 6.66. The summed E-state index contributed by atoms with van der Waals surface area (Å²) < 4.78 is 8.02. The van der Waals surface area contributed by atoms with E-state index in [1.807, 2.05) is 25.4 Å². The first kappa shape index (κ1) is 15.7. The van der Waals surface area contributed by atoms with Gasteiger partial charge in [0, 0.05) is 30.4 Å². The number of rotatable bonds is 3. The third kappa shape index (κ3) is 2.41. The minimum atomic E-state index is 0.341. The van der Waals surface area contributed by atoms with Crippen molar-refractivity contribution in [3.05, 3.63) is 60.0 Å². The summed E-state index contributed by atoms with van der Waals surface area (Å²) >= 11 is 0. The molecule has 2 atom stereocenters. The van der Waals surface area contributed by atoms with E-state index < -0.39 is 0 Å². The van der Waals surface area contributed by atoms with Gasteiger partial charge in [-0.3, -0.25) is 4.99 Å². The Morgan fingerprint density at radius 2 is 2.07 bits per heavy atom. The van der Waals surface area contributed by atoms with Crippen LogP contribution in [0.15, 0.2) is 53.7 Å². The molecular formula is C22H21N5O. The highest BCUT2D eigenvalue weighted by Crippen LogP contribution is 2.46. The molecular weight excluding hydrogens is 350 g/mol. The monoisotopic (exact) mass is 371 g/mol. The zero-order valence-electron chi connectivity index (χ0n) is 15.6. The molecule has 6 heteroatoms. The molecule has 1 saturated carbocycles. The van der Waals surface area contributed by atoms with Gasteiger partial charge in [0.1, 0.15) is 5.75 Å². The van der Waals surface area contributed by atoms with Gasteiger partial charge in [-0.1, -0.05) is 6.07 Å². The minimum absolute atomic E-state index is 0.341. The van der Waals surface area contributed by atoms with Crippen molar-refractivity contribution in [1.29, 1.82) is 0 Å². The Hall–Kier alpha value is -3.28. The number of nitrogens with zero attached hydrogens (tertiary/aromatic N) is 3. The fourth-order valence-electron chi connectivity index (χ4n) is 4.22. The number of amidine groups is 1. The van der Waals surface area contributed by atoms with Gasteiger partial charge >= 0.3 is 0 Å². The lowest BCUT2D eigenvalue weighted by Gasteiger charge is -2.18. The molecule has 2 N–H and O–H groups in total. The maximum atomic E-state index is 5.66. The second kappa shape index (κ2) is 5.86. The van der Waals surface area contributed by atoms with Gasteiger partial charge in [-0.05, 0) is 48.4 Å². The SMILES string of the molecule is CNc1cccc(NC2=NC3CC3n3c(-c4ccc5c(c4)CCO5)cnc32)c1. The zero-order valence-corrected chi connectivity index (χ0v) is 15.6. The third-order valence-electron chi connectivity index (χ3n) is 5.76. The Kier molecular flexibility index (Phi) is 3.29. The molecule has 1 fully saturated rings. The summed E-state index contributed by atoms with van der Waals surface area (Å²) in [6, 6.07) is 15.4. The van der Waals surface area contributed by atoms with Crippen molar-refractivity contribution >= 4 is 17.2 Å². The van der Waals surface area contributed by atoms with E-state index in [-0.39, 0.29) is 0 Å². The lowest BCUT2D eigenvalue weighted by Crippen LogP contribution is -2.24. The van der Waals surface area contributed by atoms with Crippen LogP contribution in [0.1, 0.15) is 23.9 Å². The average Bonchev–Trinajstić information content (AvgIpc) is 3.15. The van der Waals surface area contributed by atoms with E-state index >= 15 is 0 Å². The predicted octanol–water partition coefficient (Wildman–Crippen LogP) is 3.71. The fourth-order valence-corrected chi connectivity index (χ4v) is 4.22. The van der Waals surface area contributed by atoms with Crippen LogP contribution in [0.5, 0.6) is 5.75 Å². The quantitative estimate of drug-likeness (QED) is 0.737. The Labute approximate surface area is 163 Å². The molecule has 28 heavy (non-hydrogen) atoms. The molecule has 2 aromatic carbocycles. The number of imidazole rings is 1. The molecule has 1 aliphatic carbocycles. The molecule has 6 rings (SSSR count). The second-order valence-electron chi connectivity index (χ2n) is 7.56. The maximum absolute atomic E-state index is 5.66. The summed E-state index contributed by atoms with van der Waals surface area (Å²) in [6.45, 7) is 0.778. The average molecular weight is 371 g/mol. The largest absolute Gasteiger partial charge is 0.493 e. The smallest absolute Gasteiger partial charge is 0.176 e. The highest BCUT2D eigenvalue weighted by Gasteiger charge is 2.45. The highest BCUT2D eigenvalue weighted by atomic mass is 16.5. The molecule has 3 aliphatic rings. The molecule has 3 aromatic rings. The van der Waals surface area contributed by atoms with E-state index in [1.54, 1.807) is 0 Å². The highest BCUT2D eigenvalue weighted by molar-refractivity contribution is 6.07. The van der Waals surface area contributed by atoms with Gasteiger partial charge in [0.25, 0.3) is 0 Å². The number of benzene rings is 2. The van der Waals surface area contributed by atoms with Crippen LogP contribution in [0.3, 0.4) is 0 Å². The molecule has 0 amide bonds. The second-order valence-corrected chi connectivity index (χ2v) is 7.56. The molecule has 0 bridgehead atoms. The first-order valence-electron chi connectivity index (χ1n) is 9.76. The Morgan fingerprint density at radius 3 is 3.00 bits per heavy atom. The number of hydrogen-bond acceptors (Lipinski definition) is 5. The number of aliphatic imine (C=N–C) groups is 1. The van der Waals surface area contributed by atoms with Crippen molar-refractivity contribution in [2.24, 2.45) is 4.99 Å². The standard InChI is InChI=1S/C22H21N5O/c1-23-15-3-2-4-16(10-15)25-21-22-24-12-19(27(22)18-11-17(18)26-21)13-5-6-20-14(9-13)7-8-28-20/h2-6,9-10,12,17-18,23H,7-8,11H2,1H3,(H,25,26). The number of nitrogens with one attached hydrogen (secondary N) is 2. The Balaban J connectivity index is 1.38. The van der Waals surface area contributed by atoms with Gasteiger partial charge in [-0.15, -0.1) is 0 Å². The number of hydrogen-bond donors (Lipinski definition) is 2. The first-order chi connectivity index (χ1) is 13.8. The molecule has 2 aliphatic heterocycles. The van der Waals surface area contributed by atoms with Gasteiger partial charge in [-0.25, -0.2) is 4.98 Å². The molecule has 140 valence electrons. The van der Waals surface area contributed by atoms with E-state index in [1.165, 1.54) is 11.1 Å². The fraction of sp³-hybridized carbons (Fsp3) is 0.273. The molecule has 0 spiro atoms. The van der Waals surface area contributed by atoms with Crippen LogP contribution in [0, 0.1) is 0 Å². The van der Waals surface area contributed by atoms with Crippen molar-refractivity contribution in [3.8, 4) is 17.0 Å². The van der Waals surface area contributed by atoms with Crippen LogP contribution in [0.2, 0.25) is 0 Å². The van der Waals surface area contributed by atoms with Crippen molar-refractivity contribution < 1.29 is 4.74 Å². The normalized spacial score (nSPS) is 21.1. The number of aromatic nitrogens is 2. The van der Waals surface area contributed by atoms with Crippen LogP contribution >= 0.6 is 0 Å². The van der Waals surface area contributed by atoms with E-state index in [2.05, 4.69) is 45.5 Å². The zero-order chi connectivity index (χ0) is 18.7. The van der Waals surface area contributed by atoms with Crippen LogP contribution in [-0.2, 0) is 6.42 Å². The van der Waals surface area contributed by atoms with Crippen molar-refractivity contribution in [3.63, 3.8) is 0 Å². The van der Waals surface area contributed by atoms with Crippen LogP contribution < -0.4 is 15.4 Å². The molecule has 3 heterocycles. The topological polar surface area (TPSA) is 63.5 Å². The van der Waals surface area contributed by atoms with E-state index in [0.717, 1.165) is 53.9 Å². The van der Waals surface area contributed by atoms with Crippen molar-refractivity contribution in [1.82, 2.24) is 9.55 Å². The molecule has 0 saturated heterocycles. The first-order valence-corrected chi connectivity index (χ1v) is 9.76. The summed E-state index contributed by atoms with van der Waals surface area (Å²) in [7, 11) is 1.92. The van der Waals surface area contributed by atoms with Gasteiger partial charge in [-0.2, -0.15) is 0 Å². The van der Waals surface area contributed by atoms with E-state index in [9.17, 15) is 0 Å². The maximum Gasteiger partial charge on any atom is 0.176 e. The summed E-state index contributed by atoms with van der Waals surface area (Å²) in [5.74, 6) is 2.78. The van der Waals surface area contributed by atoms with E-state index in [4.69, 9.17) is 14.7 Å². The van der Waals surface area contributed by atoms with Gasteiger partial charge < -0.3 is 19.9 Å². The Bertz CT molecular complexity index is 1120. The van der Waals surface area contributed by atoms with Crippen molar-refractivity contribution in [2.45, 2.75) is 24.9 Å². The van der Waals surface area contributed by atoms with Crippen molar-refractivity contribution in [2.75, 3.05) is 24.3 Å². The predicted molar refractivity (Wildman–Crippen MR) is 110 cm³/mol. The van der Waals surface area contributed by atoms with Gasteiger partial charge in [0.05, 0.1) is 30.6 Å². The van der Waals surface area contributed by atoms with Crippen LogP contribution in [0.25, 0.3) is 11.3 Å². The third-order valence-corrected chi connectivity index (χ3v) is 5.76. The van der Waals surface area contributed by atoms with Crippen LogP contribution in [-0.4, -0.2) is 35.1 Å². The molecule has 6 nitrogen and oxygen atoms in total. The number of anilines is 2. The summed E-state index contributed by atoms with van der Waals surface area (Å²) in [4.78, 5) is 9.64. The Morgan fingerprint density at radius 1 is 1.14 bits per heavy atom. The number of fused-ring (bicyclic) bond motifs is 4. The molecule has 1 aromatic heterocycles. The van der Waals surface area contributed by atoms with Gasteiger partial charge in [0.2, 0.25) is 0 Å². The van der Waals surface area contributed by atoms with Crippen LogP contribution in [0.4, 0.5) is 11.4 Å². The summed E-state index contributed by atoms with van der Waals surface area (Å²) in [5.41, 5.74) is 5.72. The molecule has 0 radical (unpaired) electrons. The number of ether oxygens (including phenoxy) is 1. The lowest BCUT2D eigenvalue weighted by atomic mass is 10.1. The van der Waals surface area contributed by atoms with Gasteiger partial charge in [0.15, 0.2) is 11.7 Å². The lowest BCUT2D eigenvalue weighted by molar-refractivity contribution is 0.357. The molecule has 2 unspecified atom stereocenters. The van der Waals surface area contributed by atoms with E-state index in [0.29, 0.717) is 12.1 Å². The summed E-state index contributed by atoms with van der Waals surface area (Å²) in [6.07, 6.45) is 4.03. The minimum Gasteiger partial charge on any atom is -0.493 e.